The van der Waals surface area contributed by atoms with Gasteiger partial charge in [0.05, 0.1) is 0 Å². The first kappa shape index (κ1) is 25.6. The molecule has 1 aliphatic rings. The number of hydrogen-bond donors (Lipinski definition) is 0. The molecule has 0 radical (unpaired) electrons. The molecular formula is C27H31FeNO3-6. The summed E-state index contributed by atoms with van der Waals surface area (Å²) in [5, 5.41) is 0. The Morgan fingerprint density at radius 1 is 1.06 bits per heavy atom. The molecule has 0 unspecified atom stereocenters. The molecule has 1 fully saturated rings. The first-order valence-corrected chi connectivity index (χ1v) is 10.6. The van der Waals surface area contributed by atoms with E-state index in [0.717, 1.165) is 16.7 Å². The van der Waals surface area contributed by atoms with Gasteiger partial charge in [0.2, 0.25) is 5.91 Å². The van der Waals surface area contributed by atoms with E-state index in [1.807, 2.05) is 113 Å². The van der Waals surface area contributed by atoms with Crippen LogP contribution in [0.3, 0.4) is 0 Å². The number of ether oxygens (including phenoxy) is 1. The number of esters is 1. The van der Waals surface area contributed by atoms with Gasteiger partial charge in [-0.15, -0.1) is 0 Å². The van der Waals surface area contributed by atoms with E-state index in [1.54, 1.807) is 4.90 Å². The summed E-state index contributed by atoms with van der Waals surface area (Å²) in [7, 11) is 0. The minimum Gasteiger partial charge on any atom is -0.748 e. The maximum atomic E-state index is 13.3. The fourth-order valence-corrected chi connectivity index (χ4v) is 3.76. The molecule has 2 atom stereocenters. The van der Waals surface area contributed by atoms with Gasteiger partial charge >= 0.3 is 5.97 Å². The first-order chi connectivity index (χ1) is 14.6. The molecule has 0 N–H and O–H groups in total. The fourth-order valence-electron chi connectivity index (χ4n) is 3.76. The number of hydrogen-bond acceptors (Lipinski definition) is 3. The Morgan fingerprint density at radius 2 is 1.59 bits per heavy atom. The second kappa shape index (κ2) is 10.3. The van der Waals surface area contributed by atoms with Crippen molar-refractivity contribution in [1.82, 2.24) is 4.90 Å². The number of nitrogens with zero attached hydrogens (tertiary/aromatic N) is 1. The Bertz CT molecular complexity index is 985. The third kappa shape index (κ3) is 5.40. The third-order valence-corrected chi connectivity index (χ3v) is 5.61. The second-order valence-corrected chi connectivity index (χ2v) is 9.24. The van der Waals surface area contributed by atoms with Gasteiger partial charge in [-0.25, -0.2) is 16.9 Å². The van der Waals surface area contributed by atoms with E-state index >= 15 is 0 Å². The number of cyclic esters (lactones) is 1. The molecular weight excluding hydrogens is 442 g/mol. The van der Waals surface area contributed by atoms with Crippen molar-refractivity contribution in [2.24, 2.45) is 5.41 Å². The number of benzene rings is 1. The predicted octanol–water partition coefficient (Wildman–Crippen LogP) is 5.55. The summed E-state index contributed by atoms with van der Waals surface area (Å²) < 4.78 is 5.73. The molecule has 5 heteroatoms. The molecule has 0 saturated carbocycles. The standard InChI is InChI=1S/C22H26NO3.C5H5.Fe/c1-15-10-6-7-13-17(15)14-22(5)20(25)26-18(16-11-8-9-12-16)23(22)19(24)21(2,3)4;1-2-4-5-3-1;/h6-13,18H,14H2,1-5H3;1-5H;/q-1;-5;/t18-,22+;;/m0../s1. The van der Waals surface area contributed by atoms with Crippen LogP contribution in [0.2, 0.25) is 0 Å². The summed E-state index contributed by atoms with van der Waals surface area (Å²) in [6.07, 6.45) is -0.254. The largest absolute Gasteiger partial charge is 0.748 e. The van der Waals surface area contributed by atoms with Crippen LogP contribution in [0.4, 0.5) is 0 Å². The van der Waals surface area contributed by atoms with Gasteiger partial charge in [0.1, 0.15) is 5.54 Å². The minimum absolute atomic E-state index is 0. The van der Waals surface area contributed by atoms with E-state index in [-0.39, 0.29) is 28.9 Å². The van der Waals surface area contributed by atoms with Gasteiger partial charge in [0.25, 0.3) is 0 Å². The number of aryl methyl sites for hydroxylation is 1. The Morgan fingerprint density at radius 3 is 2.09 bits per heavy atom. The summed E-state index contributed by atoms with van der Waals surface area (Å²) in [6, 6.07) is 25.5. The first-order valence-electron chi connectivity index (χ1n) is 10.6. The van der Waals surface area contributed by atoms with Crippen LogP contribution < -0.4 is 0 Å². The predicted molar refractivity (Wildman–Crippen MR) is 122 cm³/mol. The number of amides is 1. The van der Waals surface area contributed by atoms with Crippen LogP contribution >= 0.6 is 0 Å². The van der Waals surface area contributed by atoms with Crippen molar-refractivity contribution in [2.45, 2.75) is 52.8 Å². The molecule has 0 spiro atoms. The number of carbonyl (C=O) groups excluding carboxylic acids is 2. The molecule has 0 aromatic heterocycles. The molecule has 3 aromatic carbocycles. The topological polar surface area (TPSA) is 46.6 Å². The SMILES string of the molecule is Cc1ccccc1C[C@]1(C)C(=O)O[C@@H]([c-]2cccc2)N1C(=O)C(C)(C)C.[Fe].[cH-]1[cH-][cH-][cH-][cH-]1. The number of rotatable bonds is 3. The van der Waals surface area contributed by atoms with Crippen LogP contribution in [0.1, 0.15) is 50.6 Å². The Labute approximate surface area is 201 Å². The molecule has 1 saturated heterocycles. The normalized spacial score (nSPS) is 20.1. The smallest absolute Gasteiger partial charge is 0.333 e. The molecule has 4 nitrogen and oxygen atoms in total. The van der Waals surface area contributed by atoms with Crippen LogP contribution in [0, 0.1) is 12.3 Å². The van der Waals surface area contributed by atoms with Crippen molar-refractivity contribution in [3.63, 3.8) is 0 Å². The van der Waals surface area contributed by atoms with Crippen molar-refractivity contribution in [3.8, 4) is 0 Å². The molecule has 0 aliphatic carbocycles. The zero-order chi connectivity index (χ0) is 22.6. The summed E-state index contributed by atoms with van der Waals surface area (Å²) >= 11 is 0. The Hall–Kier alpha value is -2.62. The minimum atomic E-state index is -1.04. The van der Waals surface area contributed by atoms with Gasteiger partial charge < -0.3 is 35.1 Å². The van der Waals surface area contributed by atoms with E-state index in [1.165, 1.54) is 0 Å². The van der Waals surface area contributed by atoms with Gasteiger partial charge in [-0.1, -0.05) is 50.6 Å². The van der Waals surface area contributed by atoms with E-state index in [4.69, 9.17) is 4.74 Å². The van der Waals surface area contributed by atoms with Gasteiger partial charge in [-0.3, -0.25) is 9.69 Å². The van der Waals surface area contributed by atoms with Crippen molar-refractivity contribution in [3.05, 3.63) is 95.6 Å². The van der Waals surface area contributed by atoms with E-state index in [9.17, 15) is 9.59 Å². The van der Waals surface area contributed by atoms with Crippen molar-refractivity contribution >= 4 is 11.9 Å². The molecule has 1 aliphatic heterocycles. The quantitative estimate of drug-likeness (QED) is 0.285. The van der Waals surface area contributed by atoms with Crippen LogP contribution in [0.15, 0.2) is 78.9 Å². The molecule has 3 aromatic rings. The summed E-state index contributed by atoms with van der Waals surface area (Å²) in [6.45, 7) is 9.44. The fraction of sp³-hybridized carbons (Fsp3) is 0.333. The molecule has 1 heterocycles. The second-order valence-electron chi connectivity index (χ2n) is 9.24. The molecule has 176 valence electrons. The van der Waals surface area contributed by atoms with E-state index in [0.29, 0.717) is 6.42 Å². The van der Waals surface area contributed by atoms with Crippen molar-refractivity contribution < 1.29 is 31.4 Å². The van der Waals surface area contributed by atoms with E-state index in [2.05, 4.69) is 0 Å². The monoisotopic (exact) mass is 473 g/mol. The summed E-state index contributed by atoms with van der Waals surface area (Å²) in [4.78, 5) is 27.9. The molecule has 0 bridgehead atoms. The zero-order valence-corrected chi connectivity index (χ0v) is 20.4. The van der Waals surface area contributed by atoms with Gasteiger partial charge in [0.15, 0.2) is 6.23 Å². The van der Waals surface area contributed by atoms with Crippen LogP contribution in [-0.4, -0.2) is 22.3 Å². The Kier molecular flexibility index (Phi) is 8.28. The van der Waals surface area contributed by atoms with Crippen molar-refractivity contribution in [2.75, 3.05) is 0 Å². The molecule has 4 rings (SSSR count). The molecule has 32 heavy (non-hydrogen) atoms. The van der Waals surface area contributed by atoms with Crippen LogP contribution in [0.5, 0.6) is 0 Å². The molecule has 1 amide bonds. The zero-order valence-electron chi connectivity index (χ0n) is 19.3. The Balaban J connectivity index is 0.000000534. The number of carbonyl (C=O) groups is 2. The van der Waals surface area contributed by atoms with Crippen molar-refractivity contribution in [1.29, 1.82) is 0 Å². The maximum Gasteiger partial charge on any atom is 0.333 e. The van der Waals surface area contributed by atoms with Crippen LogP contribution in [-0.2, 0) is 37.8 Å². The third-order valence-electron chi connectivity index (χ3n) is 5.61. The maximum absolute atomic E-state index is 13.3. The van der Waals surface area contributed by atoms with Gasteiger partial charge in [-0.2, -0.15) is 12.1 Å². The van der Waals surface area contributed by atoms with Gasteiger partial charge in [0, 0.05) is 28.9 Å². The van der Waals surface area contributed by atoms with Gasteiger partial charge in [-0.05, 0) is 25.0 Å². The van der Waals surface area contributed by atoms with Crippen LogP contribution in [0.25, 0.3) is 0 Å². The summed E-state index contributed by atoms with van der Waals surface area (Å²) in [5.74, 6) is -0.449. The summed E-state index contributed by atoms with van der Waals surface area (Å²) in [5.41, 5.74) is 1.30. The average molecular weight is 473 g/mol. The van der Waals surface area contributed by atoms with E-state index < -0.39 is 17.2 Å². The average Bonchev–Trinajstić information content (AvgIpc) is 3.47.